The molecule has 0 fully saturated rings. The number of hydrogen-bond acceptors (Lipinski definition) is 2. The minimum Gasteiger partial charge on any atom is -0.466 e. The smallest absolute Gasteiger partial charge is 0.308 e. The molecule has 0 atom stereocenters. The average molecular weight is 212 g/mol. The Kier molecular flexibility index (Phi) is 11.5. The van der Waals surface area contributed by atoms with E-state index in [4.69, 9.17) is 0 Å². The quantitative estimate of drug-likeness (QED) is 0.704. The highest BCUT2D eigenvalue weighted by Crippen LogP contribution is 1.93. The summed E-state index contributed by atoms with van der Waals surface area (Å²) in [7, 11) is 0. The first-order valence-electron chi connectivity index (χ1n) is 4.85. The maximum Gasteiger partial charge on any atom is 0.308 e. The van der Waals surface area contributed by atoms with Gasteiger partial charge >= 0.3 is 5.97 Å². The first kappa shape index (κ1) is 16.1. The van der Waals surface area contributed by atoms with Gasteiger partial charge in [0, 0.05) is 0 Å². The van der Waals surface area contributed by atoms with Crippen LogP contribution in [0.4, 0.5) is 0 Å². The van der Waals surface area contributed by atoms with Crippen LogP contribution >= 0.6 is 0 Å². The van der Waals surface area contributed by atoms with Crippen LogP contribution in [0.1, 0.15) is 20.8 Å². The SMILES string of the molecule is CCOC(=O)C(C)C.O.c1ccccc1. The molecular formula is C12H20O3. The summed E-state index contributed by atoms with van der Waals surface area (Å²) >= 11 is 0. The van der Waals surface area contributed by atoms with Crippen LogP contribution in [0.3, 0.4) is 0 Å². The molecule has 0 radical (unpaired) electrons. The van der Waals surface area contributed by atoms with Crippen molar-refractivity contribution in [3.8, 4) is 0 Å². The van der Waals surface area contributed by atoms with E-state index in [1.807, 2.05) is 50.2 Å². The van der Waals surface area contributed by atoms with Crippen molar-refractivity contribution in [2.45, 2.75) is 20.8 Å². The van der Waals surface area contributed by atoms with E-state index < -0.39 is 0 Å². The molecule has 0 saturated carbocycles. The highest BCUT2D eigenvalue weighted by molar-refractivity contribution is 5.71. The standard InChI is InChI=1S/C6H12O2.C6H6.H2O/c1-4-8-6(7)5(2)3;1-2-4-6-5-3-1;/h5H,4H2,1-3H3;1-6H;1H2. The largest absolute Gasteiger partial charge is 0.466 e. The first-order chi connectivity index (χ1) is 6.68. The number of rotatable bonds is 2. The van der Waals surface area contributed by atoms with Gasteiger partial charge in [0.1, 0.15) is 0 Å². The molecule has 0 saturated heterocycles. The molecule has 1 rings (SSSR count). The monoisotopic (exact) mass is 212 g/mol. The Bertz CT molecular complexity index is 205. The lowest BCUT2D eigenvalue weighted by Gasteiger charge is -2.01. The fourth-order valence-electron chi connectivity index (χ4n) is 0.694. The number of carbonyl (C=O) groups is 1. The highest BCUT2D eigenvalue weighted by Gasteiger charge is 2.04. The second-order valence-electron chi connectivity index (χ2n) is 3.06. The molecule has 2 N–H and O–H groups in total. The van der Waals surface area contributed by atoms with Crippen molar-refractivity contribution in [2.24, 2.45) is 5.92 Å². The minimum absolute atomic E-state index is 0. The molecule has 3 nitrogen and oxygen atoms in total. The third-order valence-corrected chi connectivity index (χ3v) is 1.42. The molecule has 15 heavy (non-hydrogen) atoms. The molecule has 3 heteroatoms. The van der Waals surface area contributed by atoms with E-state index >= 15 is 0 Å². The van der Waals surface area contributed by atoms with Gasteiger partial charge in [-0.15, -0.1) is 0 Å². The van der Waals surface area contributed by atoms with Crippen molar-refractivity contribution in [1.82, 2.24) is 0 Å². The fourth-order valence-corrected chi connectivity index (χ4v) is 0.694. The van der Waals surface area contributed by atoms with Gasteiger partial charge in [-0.2, -0.15) is 0 Å². The predicted molar refractivity (Wildman–Crippen MR) is 61.5 cm³/mol. The Morgan fingerprint density at radius 1 is 1.07 bits per heavy atom. The second-order valence-corrected chi connectivity index (χ2v) is 3.06. The minimum atomic E-state index is -0.118. The Morgan fingerprint density at radius 2 is 1.40 bits per heavy atom. The molecule has 0 heterocycles. The summed E-state index contributed by atoms with van der Waals surface area (Å²) in [4.78, 5) is 10.5. The van der Waals surface area contributed by atoms with Gasteiger partial charge < -0.3 is 10.2 Å². The third-order valence-electron chi connectivity index (χ3n) is 1.42. The molecule has 86 valence electrons. The zero-order valence-electron chi connectivity index (χ0n) is 9.57. The van der Waals surface area contributed by atoms with Crippen molar-refractivity contribution in [2.75, 3.05) is 6.61 Å². The van der Waals surface area contributed by atoms with E-state index in [2.05, 4.69) is 4.74 Å². The van der Waals surface area contributed by atoms with Crippen LogP contribution in [-0.2, 0) is 9.53 Å². The van der Waals surface area contributed by atoms with Crippen LogP contribution in [0.15, 0.2) is 36.4 Å². The zero-order chi connectivity index (χ0) is 10.8. The predicted octanol–water partition coefficient (Wildman–Crippen LogP) is 2.07. The van der Waals surface area contributed by atoms with E-state index in [9.17, 15) is 4.79 Å². The molecule has 0 aliphatic rings. The van der Waals surface area contributed by atoms with Crippen molar-refractivity contribution in [3.05, 3.63) is 36.4 Å². The Balaban J connectivity index is 0. The molecular weight excluding hydrogens is 192 g/mol. The molecule has 0 unspecified atom stereocenters. The number of carbonyl (C=O) groups excluding carboxylic acids is 1. The fraction of sp³-hybridized carbons (Fsp3) is 0.417. The maximum atomic E-state index is 10.5. The van der Waals surface area contributed by atoms with Gasteiger partial charge in [0.25, 0.3) is 0 Å². The number of hydrogen-bond donors (Lipinski definition) is 0. The van der Waals surface area contributed by atoms with Crippen LogP contribution < -0.4 is 0 Å². The van der Waals surface area contributed by atoms with Gasteiger partial charge in [-0.3, -0.25) is 4.79 Å². The Hall–Kier alpha value is -1.35. The van der Waals surface area contributed by atoms with E-state index in [1.165, 1.54) is 0 Å². The van der Waals surface area contributed by atoms with Gasteiger partial charge in [-0.1, -0.05) is 50.2 Å². The summed E-state index contributed by atoms with van der Waals surface area (Å²) < 4.78 is 4.66. The van der Waals surface area contributed by atoms with Crippen LogP contribution in [0.5, 0.6) is 0 Å². The lowest BCUT2D eigenvalue weighted by atomic mass is 10.2. The van der Waals surface area contributed by atoms with Crippen molar-refractivity contribution in [1.29, 1.82) is 0 Å². The van der Waals surface area contributed by atoms with Crippen molar-refractivity contribution >= 4 is 5.97 Å². The van der Waals surface area contributed by atoms with E-state index in [0.717, 1.165) is 0 Å². The van der Waals surface area contributed by atoms with Crippen LogP contribution in [0.2, 0.25) is 0 Å². The van der Waals surface area contributed by atoms with Crippen molar-refractivity contribution < 1.29 is 15.0 Å². The molecule has 1 aromatic rings. The molecule has 1 aromatic carbocycles. The van der Waals surface area contributed by atoms with Gasteiger partial charge in [0.2, 0.25) is 0 Å². The lowest BCUT2D eigenvalue weighted by molar-refractivity contribution is -0.146. The summed E-state index contributed by atoms with van der Waals surface area (Å²) in [5, 5.41) is 0. The van der Waals surface area contributed by atoms with Crippen LogP contribution in [-0.4, -0.2) is 18.1 Å². The molecule has 0 amide bonds. The second kappa shape index (κ2) is 10.7. The maximum absolute atomic E-state index is 10.5. The number of esters is 1. The average Bonchev–Trinajstić information content (AvgIpc) is 2.21. The molecule has 0 spiro atoms. The molecule has 0 aliphatic heterocycles. The molecule has 0 bridgehead atoms. The van der Waals surface area contributed by atoms with E-state index in [-0.39, 0.29) is 17.4 Å². The van der Waals surface area contributed by atoms with Crippen molar-refractivity contribution in [3.63, 3.8) is 0 Å². The van der Waals surface area contributed by atoms with Gasteiger partial charge in [-0.05, 0) is 6.92 Å². The molecule has 0 aliphatic carbocycles. The summed E-state index contributed by atoms with van der Waals surface area (Å²) in [6.45, 7) is 5.92. The number of ether oxygens (including phenoxy) is 1. The van der Waals surface area contributed by atoms with Crippen LogP contribution in [0.25, 0.3) is 0 Å². The summed E-state index contributed by atoms with van der Waals surface area (Å²) in [5.74, 6) is -0.109. The number of benzene rings is 1. The lowest BCUT2D eigenvalue weighted by Crippen LogP contribution is -2.10. The van der Waals surface area contributed by atoms with Crippen LogP contribution in [0, 0.1) is 5.92 Å². The van der Waals surface area contributed by atoms with Gasteiger partial charge in [-0.25, -0.2) is 0 Å². The summed E-state index contributed by atoms with van der Waals surface area (Å²) in [5.41, 5.74) is 0. The summed E-state index contributed by atoms with van der Waals surface area (Å²) in [6.07, 6.45) is 0. The Morgan fingerprint density at radius 3 is 1.53 bits per heavy atom. The molecule has 0 aromatic heterocycles. The van der Waals surface area contributed by atoms with Gasteiger partial charge in [0.15, 0.2) is 0 Å². The highest BCUT2D eigenvalue weighted by atomic mass is 16.5. The van der Waals surface area contributed by atoms with Gasteiger partial charge in [0.05, 0.1) is 12.5 Å². The third kappa shape index (κ3) is 10.6. The first-order valence-corrected chi connectivity index (χ1v) is 4.85. The zero-order valence-corrected chi connectivity index (χ0v) is 9.57. The Labute approximate surface area is 91.4 Å². The summed E-state index contributed by atoms with van der Waals surface area (Å²) in [6, 6.07) is 12.0. The topological polar surface area (TPSA) is 57.8 Å². The van der Waals surface area contributed by atoms with E-state index in [0.29, 0.717) is 6.61 Å². The normalized spacial score (nSPS) is 8.27. The van der Waals surface area contributed by atoms with E-state index in [1.54, 1.807) is 6.92 Å².